The lowest BCUT2D eigenvalue weighted by Crippen LogP contribution is -2.71. The molecule has 0 aliphatic carbocycles. The maximum Gasteiger partial charge on any atom is 0.259 e. The van der Waals surface area contributed by atoms with Gasteiger partial charge in [0.1, 0.15) is 34.9 Å². The molecular weight excluding hydrogens is 540 g/mol. The van der Waals surface area contributed by atoms with Gasteiger partial charge in [0.05, 0.1) is 0 Å². The van der Waals surface area contributed by atoms with Crippen molar-refractivity contribution in [3.05, 3.63) is 87.3 Å². The molecule has 0 amide bonds. The molecule has 0 heterocycles. The highest BCUT2D eigenvalue weighted by atomic mass is 27.2. The SMILES string of the molecule is [CH3][Al-]([c]1c(F)c(F)c(F)c(F)c1F)([c]1c(F)c(F)c(F)c(F)c1F)[c]1c(F)c(F)c(F)c(F)c1F. The molecule has 0 aliphatic rings. The van der Waals surface area contributed by atoms with E-state index in [1.54, 1.807) is 0 Å². The molecule has 0 spiro atoms. The summed E-state index contributed by atoms with van der Waals surface area (Å²) < 4.78 is 204. The minimum Gasteiger partial charge on any atom is -0.208 e. The zero-order chi connectivity index (χ0) is 26.9. The van der Waals surface area contributed by atoms with E-state index >= 15 is 0 Å². The number of hydrogen-bond acceptors (Lipinski definition) is 0. The van der Waals surface area contributed by atoms with Gasteiger partial charge in [-0.1, -0.05) is 0 Å². The summed E-state index contributed by atoms with van der Waals surface area (Å²) in [7, 11) is 0. The zero-order valence-electron chi connectivity index (χ0n) is 16.2. The van der Waals surface area contributed by atoms with E-state index in [0.717, 1.165) is 0 Å². The van der Waals surface area contributed by atoms with Crippen LogP contribution in [-0.2, 0) is 0 Å². The van der Waals surface area contributed by atoms with Gasteiger partial charge in [-0.15, -0.1) is 13.3 Å². The van der Waals surface area contributed by atoms with Crippen LogP contribution in [-0.4, -0.2) is 13.1 Å². The molecule has 0 aromatic heterocycles. The lowest BCUT2D eigenvalue weighted by atomic mass is 10.3. The number of hydrogen-bond donors (Lipinski definition) is 0. The molecule has 0 atom stereocenters. The Bertz CT molecular complexity index is 1160. The molecule has 3 aromatic carbocycles. The van der Waals surface area contributed by atoms with Crippen molar-refractivity contribution >= 4 is 26.4 Å². The van der Waals surface area contributed by atoms with E-state index in [4.69, 9.17) is 0 Å². The molecule has 0 aliphatic heterocycles. The van der Waals surface area contributed by atoms with Crippen LogP contribution in [0.3, 0.4) is 0 Å². The second kappa shape index (κ2) is 8.67. The lowest BCUT2D eigenvalue weighted by molar-refractivity contribution is 0.379. The largest absolute Gasteiger partial charge is 0.259 e. The van der Waals surface area contributed by atoms with Crippen LogP contribution in [0.1, 0.15) is 0 Å². The van der Waals surface area contributed by atoms with Crippen LogP contribution in [0, 0.1) is 87.3 Å². The van der Waals surface area contributed by atoms with Crippen molar-refractivity contribution < 1.29 is 65.9 Å². The molecule has 16 heteroatoms. The Labute approximate surface area is 185 Å². The van der Waals surface area contributed by atoms with E-state index < -0.39 is 114 Å². The van der Waals surface area contributed by atoms with Gasteiger partial charge in [0.15, 0.2) is 52.4 Å². The summed E-state index contributed by atoms with van der Waals surface area (Å²) in [5.74, 6) is -44.7. The molecule has 0 saturated carbocycles. The van der Waals surface area contributed by atoms with Gasteiger partial charge in [-0.05, 0) is 0 Å². The summed E-state index contributed by atoms with van der Waals surface area (Å²) in [4.78, 5) is 0. The normalized spacial score (nSPS) is 12.0. The van der Waals surface area contributed by atoms with Crippen LogP contribution in [0.4, 0.5) is 65.9 Å². The summed E-state index contributed by atoms with van der Waals surface area (Å²) in [6, 6.07) is 0. The first kappa shape index (κ1) is 26.7. The number of halogens is 15. The first-order chi connectivity index (χ1) is 16.0. The average molecular weight is 543 g/mol. The summed E-state index contributed by atoms with van der Waals surface area (Å²) >= 11 is -7.02. The van der Waals surface area contributed by atoms with E-state index in [9.17, 15) is 65.9 Å². The summed E-state index contributed by atoms with van der Waals surface area (Å²) in [5, 5.41) is 0. The summed E-state index contributed by atoms with van der Waals surface area (Å²) in [5.41, 5.74) is 0. The van der Waals surface area contributed by atoms with Gasteiger partial charge in [0, 0.05) is 0 Å². The van der Waals surface area contributed by atoms with Crippen LogP contribution >= 0.6 is 0 Å². The highest BCUT2D eigenvalue weighted by Gasteiger charge is 2.48. The van der Waals surface area contributed by atoms with Crippen molar-refractivity contribution in [2.75, 3.05) is 0 Å². The molecule has 0 unspecified atom stereocenters. The van der Waals surface area contributed by atoms with E-state index in [1.165, 1.54) is 0 Å². The fourth-order valence-electron chi connectivity index (χ4n) is 3.82. The molecule has 0 radical (unpaired) electrons. The summed E-state index contributed by atoms with van der Waals surface area (Å²) in [6.07, 6.45) is 0. The van der Waals surface area contributed by atoms with Crippen molar-refractivity contribution in [3.63, 3.8) is 0 Å². The van der Waals surface area contributed by atoms with Crippen molar-refractivity contribution in [3.8, 4) is 0 Å². The minimum atomic E-state index is -7.02. The maximum atomic E-state index is 14.7. The number of benzene rings is 3. The Morgan fingerprint density at radius 3 is 0.514 bits per heavy atom. The van der Waals surface area contributed by atoms with Crippen LogP contribution in [0.5, 0.6) is 0 Å². The van der Waals surface area contributed by atoms with Gasteiger partial charge < -0.3 is 0 Å². The molecular formula is C19H3AlF15-. The van der Waals surface area contributed by atoms with Gasteiger partial charge in [-0.2, -0.15) is 5.79 Å². The Hall–Kier alpha value is -2.86. The van der Waals surface area contributed by atoms with Crippen LogP contribution in [0.15, 0.2) is 0 Å². The fourth-order valence-corrected chi connectivity index (χ4v) is 8.49. The van der Waals surface area contributed by atoms with Gasteiger partial charge in [0.25, 0.3) is 13.1 Å². The standard InChI is InChI=1S/3C6F5.CH3.Al/c3*7-2-1-3(8)5(10)6(11)4(2)9;;/h;;;1H3;/q;;;;-1. The third kappa shape index (κ3) is 3.48. The monoisotopic (exact) mass is 543 g/mol. The lowest BCUT2D eigenvalue weighted by Gasteiger charge is -2.37. The van der Waals surface area contributed by atoms with Crippen molar-refractivity contribution in [1.82, 2.24) is 0 Å². The molecule has 188 valence electrons. The van der Waals surface area contributed by atoms with E-state index in [2.05, 4.69) is 0 Å². The Balaban J connectivity index is 2.78. The Kier molecular flexibility index (Phi) is 6.62. The zero-order valence-corrected chi connectivity index (χ0v) is 17.4. The van der Waals surface area contributed by atoms with Crippen molar-refractivity contribution in [1.29, 1.82) is 0 Å². The maximum absolute atomic E-state index is 14.7. The predicted molar refractivity (Wildman–Crippen MR) is 89.2 cm³/mol. The highest BCUT2D eigenvalue weighted by molar-refractivity contribution is 7.11. The Morgan fingerprint density at radius 1 is 0.257 bits per heavy atom. The third-order valence-electron chi connectivity index (χ3n) is 5.46. The van der Waals surface area contributed by atoms with Gasteiger partial charge in [0.2, 0.25) is 0 Å². The molecule has 0 N–H and O–H groups in total. The second-order valence-electron chi connectivity index (χ2n) is 7.25. The third-order valence-corrected chi connectivity index (χ3v) is 10.4. The molecule has 0 nitrogen and oxygen atoms in total. The van der Waals surface area contributed by atoms with Gasteiger partial charge in [-0.25, -0.2) is 65.9 Å². The molecule has 3 rings (SSSR count). The van der Waals surface area contributed by atoms with E-state index in [1.807, 2.05) is 0 Å². The van der Waals surface area contributed by atoms with Crippen LogP contribution in [0.2, 0.25) is 5.79 Å². The molecule has 0 saturated heterocycles. The first-order valence-electron chi connectivity index (χ1n) is 8.78. The van der Waals surface area contributed by atoms with Crippen molar-refractivity contribution in [2.24, 2.45) is 0 Å². The van der Waals surface area contributed by atoms with E-state index in [0.29, 0.717) is 0 Å². The molecule has 3 aromatic rings. The first-order valence-corrected chi connectivity index (χ1v) is 11.7. The second-order valence-corrected chi connectivity index (χ2v) is 11.6. The average Bonchev–Trinajstić information content (AvgIpc) is 2.81. The van der Waals surface area contributed by atoms with Gasteiger partial charge in [-0.3, -0.25) is 0 Å². The molecule has 0 bridgehead atoms. The molecule has 0 fully saturated rings. The number of rotatable bonds is 3. The van der Waals surface area contributed by atoms with Gasteiger partial charge >= 0.3 is 0 Å². The van der Waals surface area contributed by atoms with Crippen LogP contribution < -0.4 is 13.3 Å². The minimum absolute atomic E-state index is 0.109. The Morgan fingerprint density at radius 2 is 0.371 bits per heavy atom. The smallest absolute Gasteiger partial charge is 0.208 e. The van der Waals surface area contributed by atoms with Crippen molar-refractivity contribution in [2.45, 2.75) is 5.79 Å². The van der Waals surface area contributed by atoms with Crippen LogP contribution in [0.25, 0.3) is 0 Å². The van der Waals surface area contributed by atoms with E-state index in [-0.39, 0.29) is 5.79 Å². The fraction of sp³-hybridized carbons (Fsp3) is 0.0526. The highest BCUT2D eigenvalue weighted by Crippen LogP contribution is 2.27. The molecule has 35 heavy (non-hydrogen) atoms. The predicted octanol–water partition coefficient (Wildman–Crippen LogP) is 4.87. The quantitative estimate of drug-likeness (QED) is 0.192. The summed E-state index contributed by atoms with van der Waals surface area (Å²) in [6.45, 7) is 0. The topological polar surface area (TPSA) is 0 Å².